The number of halogens is 3. The quantitative estimate of drug-likeness (QED) is 0.526. The predicted molar refractivity (Wildman–Crippen MR) is 117 cm³/mol. The van der Waals surface area contributed by atoms with Crippen LogP contribution in [0.25, 0.3) is 0 Å². The number of carbonyl (C=O) groups excluding carboxylic acids is 2. The van der Waals surface area contributed by atoms with Gasteiger partial charge in [-0.2, -0.15) is 17.5 Å². The van der Waals surface area contributed by atoms with E-state index in [0.29, 0.717) is 28.5 Å². The third kappa shape index (κ3) is 6.67. The average Bonchev–Trinajstić information content (AvgIpc) is 2.75. The van der Waals surface area contributed by atoms with Crippen molar-refractivity contribution in [1.29, 1.82) is 0 Å². The van der Waals surface area contributed by atoms with Crippen LogP contribution in [-0.2, 0) is 37.1 Å². The number of aryl methyl sites for hydroxylation is 1. The van der Waals surface area contributed by atoms with Gasteiger partial charge in [0, 0.05) is 31.0 Å². The second-order valence-corrected chi connectivity index (χ2v) is 9.07. The van der Waals surface area contributed by atoms with Crippen molar-refractivity contribution in [2.75, 3.05) is 25.0 Å². The topological polar surface area (TPSA) is 115 Å². The Bertz CT molecular complexity index is 1220. The van der Waals surface area contributed by atoms with Gasteiger partial charge in [0.15, 0.2) is 6.61 Å². The smallest absolute Gasteiger partial charge is 0.417 e. The SMILES string of the molecule is CCN(CC)S(=O)(=O)c1cc(NC(=O)COC(=O)Cn2cc(C(F)(F)F)ccc2=O)ccc1C. The Balaban J connectivity index is 2.05. The lowest BCUT2D eigenvalue weighted by molar-refractivity contribution is -0.148. The molecular formula is C21H24F3N3O6S. The maximum Gasteiger partial charge on any atom is 0.417 e. The van der Waals surface area contributed by atoms with Crippen LogP contribution in [0.4, 0.5) is 18.9 Å². The number of nitrogens with zero attached hydrogens (tertiary/aromatic N) is 2. The van der Waals surface area contributed by atoms with Crippen LogP contribution in [0.3, 0.4) is 0 Å². The molecule has 1 heterocycles. The monoisotopic (exact) mass is 503 g/mol. The maximum absolute atomic E-state index is 12.8. The van der Waals surface area contributed by atoms with Crippen molar-refractivity contribution in [3.63, 3.8) is 0 Å². The van der Waals surface area contributed by atoms with E-state index in [9.17, 15) is 36.0 Å². The summed E-state index contributed by atoms with van der Waals surface area (Å²) in [4.78, 5) is 35.8. The number of hydrogen-bond acceptors (Lipinski definition) is 6. The largest absolute Gasteiger partial charge is 0.454 e. The number of nitrogens with one attached hydrogen (secondary N) is 1. The molecule has 0 unspecified atom stereocenters. The number of alkyl halides is 3. The summed E-state index contributed by atoms with van der Waals surface area (Å²) in [6.45, 7) is 3.91. The molecule has 0 radical (unpaired) electrons. The Kier molecular flexibility index (Phi) is 8.61. The molecule has 0 aliphatic carbocycles. The predicted octanol–water partition coefficient (Wildman–Crippen LogP) is 2.39. The first-order valence-corrected chi connectivity index (χ1v) is 11.6. The third-order valence-corrected chi connectivity index (χ3v) is 6.96. The standard InChI is InChI=1S/C21H24F3N3O6S/c1-4-27(5-2)34(31,32)17-10-16(8-6-14(17)3)25-18(28)13-33-20(30)12-26-11-15(21(22,23)24)7-9-19(26)29/h6-11H,4-5,12-13H2,1-3H3,(H,25,28). The van der Waals surface area contributed by atoms with Crippen molar-refractivity contribution in [2.24, 2.45) is 0 Å². The number of anilines is 1. The summed E-state index contributed by atoms with van der Waals surface area (Å²) < 4.78 is 70.5. The molecule has 0 aliphatic heterocycles. The van der Waals surface area contributed by atoms with Gasteiger partial charge in [-0.05, 0) is 30.7 Å². The number of ether oxygens (including phenoxy) is 1. The summed E-state index contributed by atoms with van der Waals surface area (Å²) in [6, 6.07) is 5.53. The number of esters is 1. The molecule has 1 amide bonds. The summed E-state index contributed by atoms with van der Waals surface area (Å²) in [5.41, 5.74) is -1.35. The van der Waals surface area contributed by atoms with Crippen LogP contribution >= 0.6 is 0 Å². The number of amides is 1. The highest BCUT2D eigenvalue weighted by molar-refractivity contribution is 7.89. The lowest BCUT2D eigenvalue weighted by Gasteiger charge is -2.20. The molecule has 0 saturated heterocycles. The van der Waals surface area contributed by atoms with Crippen LogP contribution < -0.4 is 10.9 Å². The molecule has 0 aliphatic rings. The molecule has 0 fully saturated rings. The van der Waals surface area contributed by atoms with E-state index in [1.54, 1.807) is 20.8 Å². The second-order valence-electron chi connectivity index (χ2n) is 7.16. The molecular weight excluding hydrogens is 479 g/mol. The van der Waals surface area contributed by atoms with E-state index in [0.717, 1.165) is 0 Å². The minimum absolute atomic E-state index is 0.00918. The van der Waals surface area contributed by atoms with Crippen molar-refractivity contribution in [3.05, 3.63) is 58.0 Å². The zero-order valence-electron chi connectivity index (χ0n) is 18.7. The van der Waals surface area contributed by atoms with Crippen molar-refractivity contribution < 1.29 is 35.9 Å². The van der Waals surface area contributed by atoms with Crippen LogP contribution in [0.1, 0.15) is 25.0 Å². The molecule has 1 aromatic heterocycles. The lowest BCUT2D eigenvalue weighted by Crippen LogP contribution is -2.31. The van der Waals surface area contributed by atoms with E-state index in [2.05, 4.69) is 5.32 Å². The number of rotatable bonds is 9. The number of sulfonamides is 1. The molecule has 0 saturated carbocycles. The first kappa shape index (κ1) is 27.1. The summed E-state index contributed by atoms with van der Waals surface area (Å²) in [6.07, 6.45) is -4.22. The zero-order valence-corrected chi connectivity index (χ0v) is 19.5. The third-order valence-electron chi connectivity index (χ3n) is 4.77. The van der Waals surface area contributed by atoms with E-state index >= 15 is 0 Å². The van der Waals surface area contributed by atoms with E-state index < -0.39 is 52.4 Å². The van der Waals surface area contributed by atoms with Crippen molar-refractivity contribution in [1.82, 2.24) is 8.87 Å². The fourth-order valence-electron chi connectivity index (χ4n) is 3.01. The van der Waals surface area contributed by atoms with Gasteiger partial charge >= 0.3 is 12.1 Å². The molecule has 9 nitrogen and oxygen atoms in total. The molecule has 13 heteroatoms. The Morgan fingerprint density at radius 2 is 1.76 bits per heavy atom. The number of pyridine rings is 1. The Labute approximate surface area is 194 Å². The Hall–Kier alpha value is -3.19. The fourth-order valence-corrected chi connectivity index (χ4v) is 4.72. The zero-order chi connectivity index (χ0) is 25.7. The van der Waals surface area contributed by atoms with Gasteiger partial charge in [-0.25, -0.2) is 8.42 Å². The first-order valence-electron chi connectivity index (χ1n) is 10.1. The molecule has 1 aromatic carbocycles. The van der Waals surface area contributed by atoms with Gasteiger partial charge in [-0.3, -0.25) is 14.4 Å². The summed E-state index contributed by atoms with van der Waals surface area (Å²) in [5, 5.41) is 2.40. The Morgan fingerprint density at radius 1 is 1.12 bits per heavy atom. The van der Waals surface area contributed by atoms with Crippen molar-refractivity contribution in [2.45, 2.75) is 38.4 Å². The van der Waals surface area contributed by atoms with Gasteiger partial charge < -0.3 is 14.6 Å². The average molecular weight is 503 g/mol. The van der Waals surface area contributed by atoms with Crippen LogP contribution in [0.2, 0.25) is 0 Å². The fraction of sp³-hybridized carbons (Fsp3) is 0.381. The highest BCUT2D eigenvalue weighted by Gasteiger charge is 2.31. The van der Waals surface area contributed by atoms with Gasteiger partial charge in [0.2, 0.25) is 10.0 Å². The Morgan fingerprint density at radius 3 is 2.35 bits per heavy atom. The minimum Gasteiger partial charge on any atom is -0.454 e. The van der Waals surface area contributed by atoms with Gasteiger partial charge in [0.25, 0.3) is 11.5 Å². The number of carbonyl (C=O) groups is 2. The second kappa shape index (κ2) is 10.8. The molecule has 2 rings (SSSR count). The minimum atomic E-state index is -4.70. The van der Waals surface area contributed by atoms with Gasteiger partial charge in [0.1, 0.15) is 6.54 Å². The highest BCUT2D eigenvalue weighted by Crippen LogP contribution is 2.28. The maximum atomic E-state index is 12.8. The van der Waals surface area contributed by atoms with Crippen LogP contribution in [0, 0.1) is 6.92 Å². The number of benzene rings is 1. The molecule has 34 heavy (non-hydrogen) atoms. The summed E-state index contributed by atoms with van der Waals surface area (Å²) in [5.74, 6) is -1.91. The van der Waals surface area contributed by atoms with Crippen LogP contribution in [-0.4, -0.2) is 48.9 Å². The molecule has 2 aromatic rings. The lowest BCUT2D eigenvalue weighted by atomic mass is 10.2. The van der Waals surface area contributed by atoms with Crippen molar-refractivity contribution >= 4 is 27.6 Å². The highest BCUT2D eigenvalue weighted by atomic mass is 32.2. The first-order chi connectivity index (χ1) is 15.8. The molecule has 186 valence electrons. The molecule has 0 bridgehead atoms. The molecule has 0 spiro atoms. The van der Waals surface area contributed by atoms with E-state index in [1.165, 1.54) is 22.5 Å². The molecule has 1 N–H and O–H groups in total. The van der Waals surface area contributed by atoms with Crippen LogP contribution in [0.5, 0.6) is 0 Å². The molecule has 0 atom stereocenters. The number of aromatic nitrogens is 1. The van der Waals surface area contributed by atoms with Gasteiger partial charge in [-0.15, -0.1) is 0 Å². The van der Waals surface area contributed by atoms with Gasteiger partial charge in [-0.1, -0.05) is 19.9 Å². The summed E-state index contributed by atoms with van der Waals surface area (Å²) in [7, 11) is -3.78. The normalized spacial score (nSPS) is 12.0. The van der Waals surface area contributed by atoms with Crippen molar-refractivity contribution in [3.8, 4) is 0 Å². The summed E-state index contributed by atoms with van der Waals surface area (Å²) >= 11 is 0. The van der Waals surface area contributed by atoms with Gasteiger partial charge in [0.05, 0.1) is 10.5 Å². The van der Waals surface area contributed by atoms with E-state index in [-0.39, 0.29) is 23.7 Å². The van der Waals surface area contributed by atoms with E-state index in [4.69, 9.17) is 4.74 Å². The van der Waals surface area contributed by atoms with E-state index in [1.807, 2.05) is 0 Å². The van der Waals surface area contributed by atoms with Crippen LogP contribution in [0.15, 0.2) is 46.2 Å². The number of hydrogen-bond donors (Lipinski definition) is 1.